The highest BCUT2D eigenvalue weighted by atomic mass is 19.4. The summed E-state index contributed by atoms with van der Waals surface area (Å²) < 4.78 is 37.9. The summed E-state index contributed by atoms with van der Waals surface area (Å²) in [6.07, 6.45) is 1.54. The molecule has 0 amide bonds. The molecular formula is C19H11F3N8. The van der Waals surface area contributed by atoms with Crippen molar-refractivity contribution in [3.8, 4) is 11.4 Å². The average molecular weight is 408 g/mol. The van der Waals surface area contributed by atoms with Crippen LogP contribution in [0.5, 0.6) is 0 Å². The lowest BCUT2D eigenvalue weighted by Crippen LogP contribution is -2.09. The van der Waals surface area contributed by atoms with E-state index in [1.807, 2.05) is 6.92 Å². The van der Waals surface area contributed by atoms with Gasteiger partial charge in [0.2, 0.25) is 5.69 Å². The van der Waals surface area contributed by atoms with Crippen LogP contribution in [-0.4, -0.2) is 29.9 Å². The smallest absolute Gasteiger partial charge is 0.337 e. The van der Waals surface area contributed by atoms with Crippen LogP contribution >= 0.6 is 0 Å². The lowest BCUT2D eigenvalue weighted by Gasteiger charge is -2.10. The SMILES string of the molecule is [C-]#[N+]c1cnc(-c2cnc3c(Nc4cnc(C(F)(F)F)cn4)ccnc3n2)c(C)c1. The summed E-state index contributed by atoms with van der Waals surface area (Å²) in [6.45, 7) is 8.87. The summed E-state index contributed by atoms with van der Waals surface area (Å²) in [5, 5.41) is 2.88. The molecule has 0 atom stereocenters. The first-order chi connectivity index (χ1) is 14.3. The van der Waals surface area contributed by atoms with E-state index in [4.69, 9.17) is 6.57 Å². The summed E-state index contributed by atoms with van der Waals surface area (Å²) in [5.41, 5.74) is 2.34. The van der Waals surface area contributed by atoms with Crippen molar-refractivity contribution in [1.29, 1.82) is 0 Å². The number of hydrogen-bond acceptors (Lipinski definition) is 7. The molecule has 0 aliphatic carbocycles. The second-order valence-electron chi connectivity index (χ2n) is 6.17. The molecule has 11 heteroatoms. The predicted molar refractivity (Wildman–Crippen MR) is 102 cm³/mol. The normalized spacial score (nSPS) is 11.3. The number of aryl methyl sites for hydroxylation is 1. The minimum absolute atomic E-state index is 0.119. The lowest BCUT2D eigenvalue weighted by atomic mass is 10.1. The van der Waals surface area contributed by atoms with E-state index in [0.29, 0.717) is 40.1 Å². The maximum atomic E-state index is 12.6. The molecule has 0 aromatic carbocycles. The first kappa shape index (κ1) is 19.1. The van der Waals surface area contributed by atoms with Crippen LogP contribution in [0, 0.1) is 13.5 Å². The van der Waals surface area contributed by atoms with E-state index in [1.165, 1.54) is 18.6 Å². The number of alkyl halides is 3. The van der Waals surface area contributed by atoms with Gasteiger partial charge in [0.25, 0.3) is 0 Å². The fourth-order valence-corrected chi connectivity index (χ4v) is 2.70. The molecule has 0 spiro atoms. The number of aromatic nitrogens is 6. The molecule has 0 radical (unpaired) electrons. The second kappa shape index (κ2) is 7.32. The topological polar surface area (TPSA) is 93.7 Å². The van der Waals surface area contributed by atoms with E-state index in [2.05, 4.69) is 40.1 Å². The number of halogens is 3. The van der Waals surface area contributed by atoms with Crippen molar-refractivity contribution in [2.75, 3.05) is 5.32 Å². The van der Waals surface area contributed by atoms with Crippen LogP contribution in [0.15, 0.2) is 43.1 Å². The average Bonchev–Trinajstić information content (AvgIpc) is 2.73. The number of fused-ring (bicyclic) bond motifs is 1. The lowest BCUT2D eigenvalue weighted by molar-refractivity contribution is -0.141. The Labute approximate surface area is 167 Å². The molecule has 4 aromatic heterocycles. The maximum Gasteiger partial charge on any atom is 0.434 e. The van der Waals surface area contributed by atoms with Gasteiger partial charge < -0.3 is 5.32 Å². The Morgan fingerprint density at radius 3 is 2.50 bits per heavy atom. The highest BCUT2D eigenvalue weighted by molar-refractivity contribution is 5.87. The van der Waals surface area contributed by atoms with Gasteiger partial charge in [0.15, 0.2) is 11.3 Å². The highest BCUT2D eigenvalue weighted by Gasteiger charge is 2.32. The quantitative estimate of drug-likeness (QED) is 0.499. The summed E-state index contributed by atoms with van der Waals surface area (Å²) >= 11 is 0. The van der Waals surface area contributed by atoms with Gasteiger partial charge in [-0.1, -0.05) is 0 Å². The summed E-state index contributed by atoms with van der Waals surface area (Å²) in [5.74, 6) is 0.119. The van der Waals surface area contributed by atoms with E-state index >= 15 is 0 Å². The molecule has 148 valence electrons. The van der Waals surface area contributed by atoms with Crippen LogP contribution in [0.1, 0.15) is 11.3 Å². The number of pyridine rings is 2. The zero-order chi connectivity index (χ0) is 21.3. The predicted octanol–water partition coefficient (Wildman–Crippen LogP) is 4.50. The molecule has 4 aromatic rings. The fraction of sp³-hybridized carbons (Fsp3) is 0.105. The van der Waals surface area contributed by atoms with Gasteiger partial charge in [-0.3, -0.25) is 4.98 Å². The van der Waals surface area contributed by atoms with Gasteiger partial charge in [0.1, 0.15) is 17.0 Å². The highest BCUT2D eigenvalue weighted by Crippen LogP contribution is 2.29. The standard InChI is InChI=1S/C19H11F3N8/c1-10-5-11(23-2)6-27-16(10)13-7-28-17-12(3-4-24-18(17)30-13)29-15-9-25-14(8-26-15)19(20,21)22/h3-9H,1H3,(H,24,26,29,30). The number of rotatable bonds is 3. The van der Waals surface area contributed by atoms with Crippen molar-refractivity contribution in [2.24, 2.45) is 0 Å². The van der Waals surface area contributed by atoms with E-state index in [9.17, 15) is 13.2 Å². The minimum atomic E-state index is -4.56. The van der Waals surface area contributed by atoms with Crippen molar-refractivity contribution in [3.63, 3.8) is 0 Å². The van der Waals surface area contributed by atoms with E-state index in [-0.39, 0.29) is 5.82 Å². The van der Waals surface area contributed by atoms with E-state index < -0.39 is 11.9 Å². The zero-order valence-corrected chi connectivity index (χ0v) is 15.3. The molecule has 0 bridgehead atoms. The molecule has 4 rings (SSSR count). The maximum absolute atomic E-state index is 12.6. The molecule has 0 saturated carbocycles. The van der Waals surface area contributed by atoms with Crippen LogP contribution in [0.4, 0.5) is 30.4 Å². The Balaban J connectivity index is 1.67. The summed E-state index contributed by atoms with van der Waals surface area (Å²) in [4.78, 5) is 27.8. The largest absolute Gasteiger partial charge is 0.434 e. The molecule has 0 aliphatic heterocycles. The van der Waals surface area contributed by atoms with Crippen LogP contribution < -0.4 is 5.32 Å². The van der Waals surface area contributed by atoms with Crippen molar-refractivity contribution < 1.29 is 13.2 Å². The third kappa shape index (κ3) is 3.70. The molecular weight excluding hydrogens is 397 g/mol. The molecule has 0 saturated heterocycles. The molecule has 4 heterocycles. The molecule has 0 fully saturated rings. The van der Waals surface area contributed by atoms with E-state index in [1.54, 1.807) is 12.1 Å². The Hall–Kier alpha value is -4.20. The second-order valence-corrected chi connectivity index (χ2v) is 6.17. The van der Waals surface area contributed by atoms with Crippen molar-refractivity contribution in [1.82, 2.24) is 29.9 Å². The van der Waals surface area contributed by atoms with Gasteiger partial charge in [0, 0.05) is 12.4 Å². The van der Waals surface area contributed by atoms with Crippen LogP contribution in [0.3, 0.4) is 0 Å². The van der Waals surface area contributed by atoms with Gasteiger partial charge in [-0.05, 0) is 24.6 Å². The van der Waals surface area contributed by atoms with Crippen LogP contribution in [0.2, 0.25) is 0 Å². The Morgan fingerprint density at radius 1 is 1.00 bits per heavy atom. The Bertz CT molecular complexity index is 1280. The number of hydrogen-bond donors (Lipinski definition) is 1. The molecule has 0 unspecified atom stereocenters. The number of anilines is 2. The Kier molecular flexibility index (Phi) is 4.67. The Morgan fingerprint density at radius 2 is 1.83 bits per heavy atom. The summed E-state index contributed by atoms with van der Waals surface area (Å²) in [6, 6.07) is 3.31. The van der Waals surface area contributed by atoms with Crippen molar-refractivity contribution in [3.05, 3.63) is 65.8 Å². The number of nitrogens with zero attached hydrogens (tertiary/aromatic N) is 7. The fourth-order valence-electron chi connectivity index (χ4n) is 2.70. The van der Waals surface area contributed by atoms with Crippen LogP contribution in [0.25, 0.3) is 27.4 Å². The minimum Gasteiger partial charge on any atom is -0.337 e. The van der Waals surface area contributed by atoms with Crippen molar-refractivity contribution in [2.45, 2.75) is 13.1 Å². The zero-order valence-electron chi connectivity index (χ0n) is 15.3. The monoisotopic (exact) mass is 408 g/mol. The first-order valence-corrected chi connectivity index (χ1v) is 8.47. The molecule has 0 aliphatic rings. The van der Waals surface area contributed by atoms with Crippen molar-refractivity contribution >= 4 is 28.4 Å². The molecule has 8 nitrogen and oxygen atoms in total. The van der Waals surface area contributed by atoms with Gasteiger partial charge in [-0.15, -0.1) is 0 Å². The molecule has 30 heavy (non-hydrogen) atoms. The van der Waals surface area contributed by atoms with E-state index in [0.717, 1.165) is 11.8 Å². The first-order valence-electron chi connectivity index (χ1n) is 8.47. The number of nitrogens with one attached hydrogen (secondary N) is 1. The third-order valence-electron chi connectivity index (χ3n) is 4.09. The van der Waals surface area contributed by atoms with Gasteiger partial charge in [-0.25, -0.2) is 29.8 Å². The van der Waals surface area contributed by atoms with Gasteiger partial charge in [0.05, 0.1) is 36.5 Å². The summed E-state index contributed by atoms with van der Waals surface area (Å²) in [7, 11) is 0. The third-order valence-corrected chi connectivity index (χ3v) is 4.09. The van der Waals surface area contributed by atoms with Crippen LogP contribution in [-0.2, 0) is 6.18 Å². The van der Waals surface area contributed by atoms with Gasteiger partial charge in [-0.2, -0.15) is 13.2 Å². The molecule has 1 N–H and O–H groups in total. The van der Waals surface area contributed by atoms with Gasteiger partial charge >= 0.3 is 6.18 Å².